The molecule has 31 heavy (non-hydrogen) atoms. The summed E-state index contributed by atoms with van der Waals surface area (Å²) in [6, 6.07) is 11.0. The number of likely N-dealkylation sites (tertiary alicyclic amines) is 1. The third-order valence-corrected chi connectivity index (χ3v) is 6.19. The number of aryl methyl sites for hydroxylation is 1. The normalized spacial score (nSPS) is 23.4. The number of benzene rings is 2. The summed E-state index contributed by atoms with van der Waals surface area (Å²) in [5.41, 5.74) is 2.91. The molecule has 0 radical (unpaired) electrons. The summed E-state index contributed by atoms with van der Waals surface area (Å²) < 4.78 is 5.98. The number of rotatable bonds is 6. The molecule has 0 N–H and O–H groups in total. The maximum Gasteiger partial charge on any atom is 0.277 e. The highest BCUT2D eigenvalue weighted by Crippen LogP contribution is 2.66. The van der Waals surface area contributed by atoms with Gasteiger partial charge in [0.15, 0.2) is 0 Å². The SMILES string of the molecule is Cc1ccc(OC2C3=C(C4CCN(C(=O)c5cc([N+](=O)[O-])cc([N+](=O)[O-])c5)C4)C32)cc1. The first-order chi connectivity index (χ1) is 14.8. The van der Waals surface area contributed by atoms with Gasteiger partial charge in [-0.05, 0) is 31.1 Å². The topological polar surface area (TPSA) is 116 Å². The van der Waals surface area contributed by atoms with E-state index in [0.29, 0.717) is 19.0 Å². The first-order valence-corrected chi connectivity index (χ1v) is 10.0. The van der Waals surface area contributed by atoms with Crippen LogP contribution < -0.4 is 4.74 Å². The van der Waals surface area contributed by atoms with Crippen LogP contribution in [0.3, 0.4) is 0 Å². The second-order valence-corrected chi connectivity index (χ2v) is 8.23. The van der Waals surface area contributed by atoms with E-state index in [1.165, 1.54) is 16.7 Å². The van der Waals surface area contributed by atoms with Gasteiger partial charge in [0, 0.05) is 37.1 Å². The summed E-state index contributed by atoms with van der Waals surface area (Å²) in [4.78, 5) is 35.2. The lowest BCUT2D eigenvalue weighted by Crippen LogP contribution is -2.29. The van der Waals surface area contributed by atoms with Crippen LogP contribution in [0, 0.1) is 39.0 Å². The van der Waals surface area contributed by atoms with Crippen molar-refractivity contribution in [2.45, 2.75) is 19.4 Å². The van der Waals surface area contributed by atoms with Crippen LogP contribution in [0.15, 0.2) is 53.6 Å². The monoisotopic (exact) mass is 421 g/mol. The van der Waals surface area contributed by atoms with Crippen molar-refractivity contribution < 1.29 is 19.4 Å². The van der Waals surface area contributed by atoms with Crippen molar-refractivity contribution >= 4 is 17.3 Å². The van der Waals surface area contributed by atoms with Gasteiger partial charge in [-0.2, -0.15) is 0 Å². The van der Waals surface area contributed by atoms with Crippen LogP contribution >= 0.6 is 0 Å². The quantitative estimate of drug-likeness (QED) is 0.399. The van der Waals surface area contributed by atoms with Gasteiger partial charge in [-0.3, -0.25) is 25.0 Å². The molecule has 1 amide bonds. The van der Waals surface area contributed by atoms with Gasteiger partial charge >= 0.3 is 0 Å². The first kappa shape index (κ1) is 19.2. The van der Waals surface area contributed by atoms with E-state index in [2.05, 4.69) is 0 Å². The molecular weight excluding hydrogens is 402 g/mol. The Labute approximate surface area is 177 Å². The molecule has 2 aromatic rings. The number of nitro groups is 2. The number of nitrogens with zero attached hydrogens (tertiary/aromatic N) is 3. The van der Waals surface area contributed by atoms with E-state index in [1.807, 2.05) is 31.2 Å². The van der Waals surface area contributed by atoms with Gasteiger partial charge < -0.3 is 9.64 Å². The minimum Gasteiger partial charge on any atom is -0.485 e. The largest absolute Gasteiger partial charge is 0.485 e. The molecule has 1 heterocycles. The molecule has 5 rings (SSSR count). The van der Waals surface area contributed by atoms with Crippen LogP contribution in [-0.4, -0.2) is 39.8 Å². The molecule has 3 atom stereocenters. The minimum atomic E-state index is -0.727. The molecule has 2 fully saturated rings. The van der Waals surface area contributed by atoms with Crippen molar-refractivity contribution in [1.82, 2.24) is 4.90 Å². The molecule has 9 heteroatoms. The van der Waals surface area contributed by atoms with Crippen molar-refractivity contribution in [3.63, 3.8) is 0 Å². The van der Waals surface area contributed by atoms with Crippen LogP contribution in [-0.2, 0) is 0 Å². The number of ether oxygens (including phenoxy) is 1. The fourth-order valence-corrected chi connectivity index (χ4v) is 4.44. The predicted molar refractivity (Wildman–Crippen MR) is 110 cm³/mol. The van der Waals surface area contributed by atoms with Crippen molar-refractivity contribution in [1.29, 1.82) is 0 Å². The smallest absolute Gasteiger partial charge is 0.277 e. The molecule has 0 aromatic heterocycles. The number of non-ortho nitro benzene ring substituents is 2. The van der Waals surface area contributed by atoms with Crippen LogP contribution in [0.4, 0.5) is 11.4 Å². The maximum absolute atomic E-state index is 12.9. The number of carbonyl (C=O) groups excluding carboxylic acids is 1. The fourth-order valence-electron chi connectivity index (χ4n) is 4.44. The molecule has 3 unspecified atom stereocenters. The van der Waals surface area contributed by atoms with Gasteiger partial charge in [0.1, 0.15) is 11.9 Å². The Balaban J connectivity index is 1.24. The molecule has 2 aromatic carbocycles. The third-order valence-electron chi connectivity index (χ3n) is 6.19. The molecular formula is C22H19N3O6. The molecule has 158 valence electrons. The maximum atomic E-state index is 12.9. The Morgan fingerprint density at radius 2 is 1.65 bits per heavy atom. The van der Waals surface area contributed by atoms with Crippen molar-refractivity contribution in [3.05, 3.63) is 85.0 Å². The summed E-state index contributed by atoms with van der Waals surface area (Å²) in [6.45, 7) is 3.06. The number of hydrogen-bond acceptors (Lipinski definition) is 6. The molecule has 0 bridgehead atoms. The van der Waals surface area contributed by atoms with Crippen molar-refractivity contribution in [2.75, 3.05) is 13.1 Å². The summed E-state index contributed by atoms with van der Waals surface area (Å²) in [7, 11) is 0. The third kappa shape index (κ3) is 3.41. The van der Waals surface area contributed by atoms with Crippen LogP contribution in [0.25, 0.3) is 0 Å². The lowest BCUT2D eigenvalue weighted by molar-refractivity contribution is -0.394. The molecule has 2 aliphatic carbocycles. The Morgan fingerprint density at radius 1 is 1.03 bits per heavy atom. The summed E-state index contributed by atoms with van der Waals surface area (Å²) in [6.07, 6.45) is 0.955. The second kappa shape index (κ2) is 6.90. The van der Waals surface area contributed by atoms with E-state index in [9.17, 15) is 25.0 Å². The van der Waals surface area contributed by atoms with E-state index < -0.39 is 27.1 Å². The minimum absolute atomic E-state index is 0.0271. The van der Waals surface area contributed by atoms with Gasteiger partial charge in [-0.15, -0.1) is 0 Å². The Hall–Kier alpha value is -3.75. The number of fused-ring (bicyclic) bond motifs is 1. The average molecular weight is 421 g/mol. The Kier molecular flexibility index (Phi) is 4.28. The highest BCUT2D eigenvalue weighted by Gasteiger charge is 2.66. The zero-order valence-corrected chi connectivity index (χ0v) is 16.7. The van der Waals surface area contributed by atoms with Crippen LogP contribution in [0.5, 0.6) is 5.75 Å². The van der Waals surface area contributed by atoms with E-state index in [0.717, 1.165) is 30.4 Å². The van der Waals surface area contributed by atoms with Crippen molar-refractivity contribution in [2.24, 2.45) is 11.8 Å². The molecule has 0 spiro atoms. The highest BCUT2D eigenvalue weighted by atomic mass is 16.6. The lowest BCUT2D eigenvalue weighted by Gasteiger charge is -2.17. The number of nitro benzene ring substituents is 2. The second-order valence-electron chi connectivity index (χ2n) is 8.23. The zero-order chi connectivity index (χ0) is 21.9. The predicted octanol–water partition coefficient (Wildman–Crippen LogP) is 3.66. The highest BCUT2D eigenvalue weighted by molar-refractivity contribution is 5.96. The summed E-state index contributed by atoms with van der Waals surface area (Å²) >= 11 is 0. The van der Waals surface area contributed by atoms with E-state index in [4.69, 9.17) is 4.74 Å². The molecule has 3 aliphatic rings. The molecule has 1 aliphatic heterocycles. The van der Waals surface area contributed by atoms with Crippen LogP contribution in [0.1, 0.15) is 22.3 Å². The summed E-state index contributed by atoms with van der Waals surface area (Å²) in [5, 5.41) is 22.2. The van der Waals surface area contributed by atoms with Gasteiger partial charge in [0.05, 0.1) is 21.5 Å². The summed E-state index contributed by atoms with van der Waals surface area (Å²) in [5.74, 6) is 1.07. The lowest BCUT2D eigenvalue weighted by atomic mass is 10.0. The zero-order valence-electron chi connectivity index (χ0n) is 16.7. The van der Waals surface area contributed by atoms with E-state index in [-0.39, 0.29) is 17.6 Å². The van der Waals surface area contributed by atoms with E-state index >= 15 is 0 Å². The van der Waals surface area contributed by atoms with Gasteiger partial charge in [-0.25, -0.2) is 0 Å². The number of hydrogen-bond donors (Lipinski definition) is 0. The number of carbonyl (C=O) groups is 1. The van der Waals surface area contributed by atoms with E-state index in [1.54, 1.807) is 4.90 Å². The first-order valence-electron chi connectivity index (χ1n) is 10.0. The Bertz CT molecular complexity index is 1120. The molecule has 1 saturated heterocycles. The van der Waals surface area contributed by atoms with Crippen LogP contribution in [0.2, 0.25) is 0 Å². The average Bonchev–Trinajstić information content (AvgIpc) is 3.60. The van der Waals surface area contributed by atoms with Gasteiger partial charge in [-0.1, -0.05) is 23.3 Å². The van der Waals surface area contributed by atoms with Gasteiger partial charge in [0.2, 0.25) is 0 Å². The molecule has 9 nitrogen and oxygen atoms in total. The molecule has 1 saturated carbocycles. The van der Waals surface area contributed by atoms with Crippen molar-refractivity contribution in [3.8, 4) is 5.75 Å². The number of amides is 1. The fraction of sp³-hybridized carbons (Fsp3) is 0.318. The Morgan fingerprint density at radius 3 is 2.23 bits per heavy atom. The standard InChI is InChI=1S/C22H19N3O6/c1-12-2-4-17(5-3-12)31-21-19-18(20(19)21)13-6-7-23(11-13)22(26)14-8-15(24(27)28)10-16(9-14)25(29)30/h2-5,8-10,13,19,21H,6-7,11H2,1H3. The van der Waals surface area contributed by atoms with Gasteiger partial charge in [0.25, 0.3) is 17.3 Å².